The smallest absolute Gasteiger partial charge is 0.293 e. The molecular weight excluding hydrogens is 368 g/mol. The number of likely N-dealkylation sites (N-methyl/N-ethyl adjacent to an activating group) is 1. The number of nitro benzene ring substituents is 1. The van der Waals surface area contributed by atoms with Crippen molar-refractivity contribution in [1.29, 1.82) is 0 Å². The van der Waals surface area contributed by atoms with E-state index >= 15 is 0 Å². The van der Waals surface area contributed by atoms with Gasteiger partial charge in [-0.3, -0.25) is 15.1 Å². The number of nitrogens with zero attached hydrogens (tertiary/aromatic N) is 4. The van der Waals surface area contributed by atoms with Gasteiger partial charge in [-0.25, -0.2) is 8.42 Å². The Labute approximate surface area is 158 Å². The number of benzene rings is 1. The molecule has 0 radical (unpaired) electrons. The number of rotatable bonds is 7. The average molecular weight is 390 g/mol. The summed E-state index contributed by atoms with van der Waals surface area (Å²) < 4.78 is 26.8. The third-order valence-electron chi connectivity index (χ3n) is 4.69. The van der Waals surface area contributed by atoms with Crippen molar-refractivity contribution in [3.05, 3.63) is 58.4 Å². The average Bonchev–Trinajstić information content (AvgIpc) is 3.22. The fourth-order valence-electron chi connectivity index (χ4n) is 3.16. The van der Waals surface area contributed by atoms with Gasteiger partial charge in [0.25, 0.3) is 5.69 Å². The standard InChI is InChI=1S/C18H22N4O4S/c1-20(13-9-15-6-2-3-10-19-15)17-8-7-16(14-18(17)22(23)24)27(25,26)21-11-4-5-12-21/h2-3,6-8,10,14H,4-5,9,11-13H2,1H3. The molecule has 2 aromatic rings. The minimum atomic E-state index is -3.69. The summed E-state index contributed by atoms with van der Waals surface area (Å²) in [6, 6.07) is 9.75. The van der Waals surface area contributed by atoms with Gasteiger partial charge >= 0.3 is 0 Å². The van der Waals surface area contributed by atoms with Gasteiger partial charge in [0.2, 0.25) is 10.0 Å². The highest BCUT2D eigenvalue weighted by molar-refractivity contribution is 7.89. The molecule has 0 aliphatic carbocycles. The molecule has 1 aromatic carbocycles. The van der Waals surface area contributed by atoms with E-state index in [1.54, 1.807) is 18.1 Å². The Balaban J connectivity index is 1.84. The van der Waals surface area contributed by atoms with E-state index in [2.05, 4.69) is 4.98 Å². The lowest BCUT2D eigenvalue weighted by Crippen LogP contribution is -2.28. The summed E-state index contributed by atoms with van der Waals surface area (Å²) in [4.78, 5) is 17.0. The van der Waals surface area contributed by atoms with Crippen LogP contribution in [-0.2, 0) is 16.4 Å². The highest BCUT2D eigenvalue weighted by Crippen LogP contribution is 2.32. The molecule has 9 heteroatoms. The molecule has 0 unspecified atom stereocenters. The van der Waals surface area contributed by atoms with Crippen LogP contribution in [0.4, 0.5) is 11.4 Å². The van der Waals surface area contributed by atoms with E-state index in [0.29, 0.717) is 31.7 Å². The Kier molecular flexibility index (Phi) is 5.71. The van der Waals surface area contributed by atoms with E-state index < -0.39 is 14.9 Å². The molecule has 1 saturated heterocycles. The molecule has 1 aliphatic heterocycles. The summed E-state index contributed by atoms with van der Waals surface area (Å²) >= 11 is 0. The summed E-state index contributed by atoms with van der Waals surface area (Å²) in [5.41, 5.74) is 1.07. The van der Waals surface area contributed by atoms with Crippen LogP contribution in [-0.4, -0.2) is 49.3 Å². The summed E-state index contributed by atoms with van der Waals surface area (Å²) in [6.45, 7) is 1.44. The number of pyridine rings is 1. The van der Waals surface area contributed by atoms with Crippen LogP contribution in [0.25, 0.3) is 0 Å². The van der Waals surface area contributed by atoms with Gasteiger partial charge in [0.1, 0.15) is 5.69 Å². The van der Waals surface area contributed by atoms with E-state index in [9.17, 15) is 18.5 Å². The molecule has 0 spiro atoms. The lowest BCUT2D eigenvalue weighted by atomic mass is 10.2. The molecule has 0 amide bonds. The van der Waals surface area contributed by atoms with Crippen LogP contribution in [0, 0.1) is 10.1 Å². The van der Waals surface area contributed by atoms with Crippen molar-refractivity contribution in [2.45, 2.75) is 24.2 Å². The number of hydrogen-bond acceptors (Lipinski definition) is 6. The highest BCUT2D eigenvalue weighted by Gasteiger charge is 2.30. The Morgan fingerprint density at radius 1 is 1.22 bits per heavy atom. The maximum atomic E-state index is 12.7. The van der Waals surface area contributed by atoms with E-state index in [1.807, 2.05) is 18.2 Å². The van der Waals surface area contributed by atoms with E-state index in [4.69, 9.17) is 0 Å². The molecule has 27 heavy (non-hydrogen) atoms. The minimum Gasteiger partial charge on any atom is -0.369 e. The Morgan fingerprint density at radius 3 is 2.59 bits per heavy atom. The first-order valence-electron chi connectivity index (χ1n) is 8.79. The zero-order chi connectivity index (χ0) is 19.4. The lowest BCUT2D eigenvalue weighted by molar-refractivity contribution is -0.384. The van der Waals surface area contributed by atoms with Gasteiger partial charge in [0, 0.05) is 51.1 Å². The van der Waals surface area contributed by atoms with Crippen LogP contribution in [0.1, 0.15) is 18.5 Å². The fraction of sp³-hybridized carbons (Fsp3) is 0.389. The van der Waals surface area contributed by atoms with Gasteiger partial charge in [-0.05, 0) is 37.1 Å². The van der Waals surface area contributed by atoms with Crippen molar-refractivity contribution in [3.8, 4) is 0 Å². The normalized spacial score (nSPS) is 15.0. The van der Waals surface area contributed by atoms with Gasteiger partial charge < -0.3 is 4.90 Å². The maximum Gasteiger partial charge on any atom is 0.293 e. The molecule has 8 nitrogen and oxygen atoms in total. The third-order valence-corrected chi connectivity index (χ3v) is 6.58. The predicted molar refractivity (Wildman–Crippen MR) is 102 cm³/mol. The van der Waals surface area contributed by atoms with E-state index in [0.717, 1.165) is 18.5 Å². The maximum absolute atomic E-state index is 12.7. The lowest BCUT2D eigenvalue weighted by Gasteiger charge is -2.20. The van der Waals surface area contributed by atoms with Gasteiger partial charge in [-0.2, -0.15) is 4.31 Å². The molecule has 0 atom stereocenters. The van der Waals surface area contributed by atoms with Crippen molar-refractivity contribution in [2.75, 3.05) is 31.6 Å². The van der Waals surface area contributed by atoms with Crippen molar-refractivity contribution < 1.29 is 13.3 Å². The first kappa shape index (κ1) is 19.2. The summed E-state index contributed by atoms with van der Waals surface area (Å²) in [5.74, 6) is 0. The Morgan fingerprint density at radius 2 is 1.96 bits per heavy atom. The van der Waals surface area contributed by atoms with Gasteiger partial charge in [-0.15, -0.1) is 0 Å². The van der Waals surface area contributed by atoms with Crippen LogP contribution in [0.2, 0.25) is 0 Å². The van der Waals surface area contributed by atoms with Crippen LogP contribution in [0.3, 0.4) is 0 Å². The zero-order valence-electron chi connectivity index (χ0n) is 15.1. The molecule has 2 heterocycles. The molecule has 1 aromatic heterocycles. The number of anilines is 1. The number of nitro groups is 1. The molecular formula is C18H22N4O4S. The quantitative estimate of drug-likeness (QED) is 0.532. The summed E-state index contributed by atoms with van der Waals surface area (Å²) in [6.07, 6.45) is 3.96. The van der Waals surface area contributed by atoms with Crippen LogP contribution in [0.15, 0.2) is 47.5 Å². The molecule has 144 valence electrons. The minimum absolute atomic E-state index is 0.0297. The van der Waals surface area contributed by atoms with E-state index in [1.165, 1.54) is 22.5 Å². The first-order chi connectivity index (χ1) is 12.9. The second kappa shape index (κ2) is 8.01. The van der Waals surface area contributed by atoms with Gasteiger partial charge in [0.15, 0.2) is 0 Å². The number of aromatic nitrogens is 1. The van der Waals surface area contributed by atoms with E-state index in [-0.39, 0.29) is 10.6 Å². The van der Waals surface area contributed by atoms with Crippen molar-refractivity contribution in [3.63, 3.8) is 0 Å². The largest absolute Gasteiger partial charge is 0.369 e. The molecule has 0 saturated carbocycles. The van der Waals surface area contributed by atoms with Crippen molar-refractivity contribution in [1.82, 2.24) is 9.29 Å². The zero-order valence-corrected chi connectivity index (χ0v) is 15.9. The molecule has 0 N–H and O–H groups in total. The van der Waals surface area contributed by atoms with Gasteiger partial charge in [0.05, 0.1) is 9.82 Å². The van der Waals surface area contributed by atoms with Crippen molar-refractivity contribution >= 4 is 21.4 Å². The fourth-order valence-corrected chi connectivity index (χ4v) is 4.70. The second-order valence-corrected chi connectivity index (χ2v) is 8.45. The number of sulfonamides is 1. The summed E-state index contributed by atoms with van der Waals surface area (Å²) in [5, 5.41) is 11.6. The Bertz CT molecular complexity index is 912. The molecule has 0 bridgehead atoms. The topological polar surface area (TPSA) is 96.7 Å². The molecule has 1 fully saturated rings. The van der Waals surface area contributed by atoms with Crippen LogP contribution < -0.4 is 4.90 Å². The monoisotopic (exact) mass is 390 g/mol. The third kappa shape index (κ3) is 4.25. The van der Waals surface area contributed by atoms with Crippen molar-refractivity contribution in [2.24, 2.45) is 0 Å². The SMILES string of the molecule is CN(CCc1ccccn1)c1ccc(S(=O)(=O)N2CCCC2)cc1[N+](=O)[O-]. The predicted octanol–water partition coefficient (Wildman–Crippen LogP) is 2.45. The Hall–Kier alpha value is -2.52. The van der Waals surface area contributed by atoms with Crippen LogP contribution in [0.5, 0.6) is 0 Å². The molecule has 1 aliphatic rings. The summed E-state index contributed by atoms with van der Waals surface area (Å²) in [7, 11) is -1.94. The van der Waals surface area contributed by atoms with Gasteiger partial charge in [-0.1, -0.05) is 6.07 Å². The number of hydrogen-bond donors (Lipinski definition) is 0. The highest BCUT2D eigenvalue weighted by atomic mass is 32.2. The second-order valence-electron chi connectivity index (χ2n) is 6.51. The van der Waals surface area contributed by atoms with Crippen LogP contribution >= 0.6 is 0 Å². The first-order valence-corrected chi connectivity index (χ1v) is 10.2. The molecule has 3 rings (SSSR count).